The number of carbonyl (C=O) groups is 1. The number of urea groups is 1. The zero-order valence-corrected chi connectivity index (χ0v) is 14.6. The smallest absolute Gasteiger partial charge is 0.321 e. The Balaban J connectivity index is 2.02. The highest BCUT2D eigenvalue weighted by molar-refractivity contribution is 5.91. The van der Waals surface area contributed by atoms with Gasteiger partial charge in [-0.3, -0.25) is 4.90 Å². The largest absolute Gasteiger partial charge is 0.323 e. The first-order valence-corrected chi connectivity index (χ1v) is 8.34. The number of hydrogen-bond acceptors (Lipinski definition) is 2. The molecule has 2 rings (SSSR count). The Morgan fingerprint density at radius 3 is 2.36 bits per heavy atom. The maximum absolute atomic E-state index is 12.5. The number of nitrogens with zero attached hydrogens (tertiary/aromatic N) is 2. The van der Waals surface area contributed by atoms with Gasteiger partial charge in [0.2, 0.25) is 0 Å². The molecule has 1 heterocycles. The molecule has 0 spiro atoms. The summed E-state index contributed by atoms with van der Waals surface area (Å²) in [5, 5.41) is 3.11. The maximum atomic E-state index is 12.5. The number of anilines is 1. The summed E-state index contributed by atoms with van der Waals surface area (Å²) < 4.78 is 0. The van der Waals surface area contributed by atoms with Crippen LogP contribution >= 0.6 is 0 Å². The van der Waals surface area contributed by atoms with Gasteiger partial charge in [-0.05, 0) is 51.4 Å². The lowest BCUT2D eigenvalue weighted by Crippen LogP contribution is -2.40. The number of hydrogen-bond donors (Lipinski definition) is 1. The minimum absolute atomic E-state index is 0.0321. The Labute approximate surface area is 134 Å². The van der Waals surface area contributed by atoms with Gasteiger partial charge >= 0.3 is 6.03 Å². The van der Waals surface area contributed by atoms with E-state index in [1.54, 1.807) is 0 Å². The Morgan fingerprint density at radius 1 is 1.23 bits per heavy atom. The van der Waals surface area contributed by atoms with Crippen molar-refractivity contribution in [3.05, 3.63) is 28.8 Å². The first-order valence-electron chi connectivity index (χ1n) is 8.34. The van der Waals surface area contributed by atoms with Gasteiger partial charge in [0.15, 0.2) is 0 Å². The number of nitrogens with one attached hydrogen (secondary N) is 1. The molecule has 0 saturated carbocycles. The van der Waals surface area contributed by atoms with Gasteiger partial charge in [0, 0.05) is 24.8 Å². The SMILES string of the molecule is CCN(CC)C1CCN(C(=O)Nc2c(C)cc(C)cc2C)C1. The molecule has 0 aromatic heterocycles. The van der Waals surface area contributed by atoms with Crippen molar-refractivity contribution in [2.75, 3.05) is 31.5 Å². The fraction of sp³-hybridized carbons (Fsp3) is 0.611. The first-order chi connectivity index (χ1) is 10.5. The Morgan fingerprint density at radius 2 is 1.82 bits per heavy atom. The van der Waals surface area contributed by atoms with Crippen molar-refractivity contribution < 1.29 is 4.79 Å². The summed E-state index contributed by atoms with van der Waals surface area (Å²) in [6, 6.07) is 4.77. The maximum Gasteiger partial charge on any atom is 0.321 e. The topological polar surface area (TPSA) is 35.6 Å². The molecule has 1 saturated heterocycles. The molecule has 1 aromatic carbocycles. The summed E-state index contributed by atoms with van der Waals surface area (Å²) in [7, 11) is 0. The first kappa shape index (κ1) is 16.8. The molecule has 0 radical (unpaired) electrons. The normalized spacial score (nSPS) is 18.1. The number of rotatable bonds is 4. The van der Waals surface area contributed by atoms with Gasteiger partial charge in [-0.2, -0.15) is 0 Å². The monoisotopic (exact) mass is 303 g/mol. The summed E-state index contributed by atoms with van der Waals surface area (Å²) in [6.07, 6.45) is 1.07. The van der Waals surface area contributed by atoms with Gasteiger partial charge in [-0.15, -0.1) is 0 Å². The molecule has 2 amide bonds. The zero-order chi connectivity index (χ0) is 16.3. The van der Waals surface area contributed by atoms with Crippen LogP contribution in [0.25, 0.3) is 0 Å². The molecule has 22 heavy (non-hydrogen) atoms. The predicted octanol–water partition coefficient (Wildman–Crippen LogP) is 3.56. The molecule has 0 bridgehead atoms. The minimum Gasteiger partial charge on any atom is -0.323 e. The lowest BCUT2D eigenvalue weighted by atomic mass is 10.1. The summed E-state index contributed by atoms with van der Waals surface area (Å²) >= 11 is 0. The van der Waals surface area contributed by atoms with Crippen LogP contribution in [0.1, 0.15) is 37.0 Å². The summed E-state index contributed by atoms with van der Waals surface area (Å²) in [5.41, 5.74) is 4.45. The Bertz CT molecular complexity index is 514. The van der Waals surface area contributed by atoms with Crippen LogP contribution in [0.15, 0.2) is 12.1 Å². The van der Waals surface area contributed by atoms with E-state index in [-0.39, 0.29) is 6.03 Å². The third kappa shape index (κ3) is 3.61. The van der Waals surface area contributed by atoms with Crippen molar-refractivity contribution in [2.24, 2.45) is 0 Å². The molecule has 4 heteroatoms. The standard InChI is InChI=1S/C18H29N3O/c1-6-20(7-2)16-8-9-21(12-16)18(22)19-17-14(4)10-13(3)11-15(17)5/h10-11,16H,6-9,12H2,1-5H3,(H,19,22). The van der Waals surface area contributed by atoms with Crippen LogP contribution in [0.3, 0.4) is 0 Å². The zero-order valence-electron chi connectivity index (χ0n) is 14.6. The lowest BCUT2D eigenvalue weighted by molar-refractivity contribution is 0.202. The third-order valence-corrected chi connectivity index (χ3v) is 4.69. The molecular weight excluding hydrogens is 274 g/mol. The highest BCUT2D eigenvalue weighted by Crippen LogP contribution is 2.23. The average Bonchev–Trinajstić information content (AvgIpc) is 2.94. The molecule has 1 unspecified atom stereocenters. The van der Waals surface area contributed by atoms with E-state index in [0.29, 0.717) is 6.04 Å². The van der Waals surface area contributed by atoms with Crippen LogP contribution in [-0.4, -0.2) is 48.1 Å². The number of aryl methyl sites for hydroxylation is 3. The Kier molecular flexibility index (Phi) is 5.46. The number of amides is 2. The van der Waals surface area contributed by atoms with E-state index in [9.17, 15) is 4.79 Å². The Hall–Kier alpha value is -1.55. The van der Waals surface area contributed by atoms with Crippen LogP contribution in [-0.2, 0) is 0 Å². The van der Waals surface area contributed by atoms with Crippen molar-refractivity contribution >= 4 is 11.7 Å². The van der Waals surface area contributed by atoms with Crippen LogP contribution in [0, 0.1) is 20.8 Å². The summed E-state index contributed by atoms with van der Waals surface area (Å²) in [6.45, 7) is 14.3. The summed E-state index contributed by atoms with van der Waals surface area (Å²) in [4.78, 5) is 16.9. The van der Waals surface area contributed by atoms with E-state index in [4.69, 9.17) is 0 Å². The lowest BCUT2D eigenvalue weighted by Gasteiger charge is -2.26. The second-order valence-corrected chi connectivity index (χ2v) is 6.31. The highest BCUT2D eigenvalue weighted by atomic mass is 16.2. The van der Waals surface area contributed by atoms with Crippen LogP contribution in [0.2, 0.25) is 0 Å². The van der Waals surface area contributed by atoms with Crippen molar-refractivity contribution in [3.63, 3.8) is 0 Å². The van der Waals surface area contributed by atoms with Crippen LogP contribution < -0.4 is 5.32 Å². The van der Waals surface area contributed by atoms with E-state index < -0.39 is 0 Å². The van der Waals surface area contributed by atoms with Crippen molar-refractivity contribution in [3.8, 4) is 0 Å². The third-order valence-electron chi connectivity index (χ3n) is 4.69. The van der Waals surface area contributed by atoms with E-state index >= 15 is 0 Å². The molecule has 1 aromatic rings. The molecule has 1 aliphatic rings. The van der Waals surface area contributed by atoms with Crippen molar-refractivity contribution in [1.82, 2.24) is 9.80 Å². The van der Waals surface area contributed by atoms with Gasteiger partial charge < -0.3 is 10.2 Å². The van der Waals surface area contributed by atoms with Crippen LogP contribution in [0.5, 0.6) is 0 Å². The summed E-state index contributed by atoms with van der Waals surface area (Å²) in [5.74, 6) is 0. The molecule has 122 valence electrons. The van der Waals surface area contributed by atoms with Crippen molar-refractivity contribution in [2.45, 2.75) is 47.1 Å². The van der Waals surface area contributed by atoms with Crippen molar-refractivity contribution in [1.29, 1.82) is 0 Å². The number of likely N-dealkylation sites (N-methyl/N-ethyl adjacent to an activating group) is 1. The van der Waals surface area contributed by atoms with Gasteiger partial charge in [0.05, 0.1) is 0 Å². The van der Waals surface area contributed by atoms with Gasteiger partial charge in [0.25, 0.3) is 0 Å². The highest BCUT2D eigenvalue weighted by Gasteiger charge is 2.29. The van der Waals surface area contributed by atoms with Crippen LogP contribution in [0.4, 0.5) is 10.5 Å². The number of likely N-dealkylation sites (tertiary alicyclic amines) is 1. The predicted molar refractivity (Wildman–Crippen MR) is 92.6 cm³/mol. The van der Waals surface area contributed by atoms with E-state index in [2.05, 4.69) is 57.0 Å². The van der Waals surface area contributed by atoms with Gasteiger partial charge in [-0.1, -0.05) is 31.5 Å². The fourth-order valence-electron chi connectivity index (χ4n) is 3.53. The quantitative estimate of drug-likeness (QED) is 0.923. The number of carbonyl (C=O) groups excluding carboxylic acids is 1. The van der Waals surface area contributed by atoms with E-state index in [1.165, 1.54) is 5.56 Å². The molecule has 1 fully saturated rings. The molecule has 1 N–H and O–H groups in total. The average molecular weight is 303 g/mol. The fourth-order valence-corrected chi connectivity index (χ4v) is 3.53. The van der Waals surface area contributed by atoms with E-state index in [0.717, 1.165) is 49.4 Å². The second-order valence-electron chi connectivity index (χ2n) is 6.31. The van der Waals surface area contributed by atoms with Gasteiger partial charge in [-0.25, -0.2) is 4.79 Å². The molecule has 1 atom stereocenters. The van der Waals surface area contributed by atoms with E-state index in [1.807, 2.05) is 4.90 Å². The molecule has 4 nitrogen and oxygen atoms in total. The minimum atomic E-state index is 0.0321. The van der Waals surface area contributed by atoms with Gasteiger partial charge in [0.1, 0.15) is 0 Å². The molecule has 0 aliphatic carbocycles. The number of benzene rings is 1. The molecular formula is C18H29N3O. The molecule has 1 aliphatic heterocycles. The second kappa shape index (κ2) is 7.14.